The van der Waals surface area contributed by atoms with Crippen LogP contribution in [0.25, 0.3) is 6.08 Å². The Morgan fingerprint density at radius 2 is 2.00 bits per heavy atom. The molecule has 0 aliphatic heterocycles. The number of anilines is 1. The molecule has 1 aromatic carbocycles. The van der Waals surface area contributed by atoms with E-state index in [-0.39, 0.29) is 12.2 Å². The van der Waals surface area contributed by atoms with E-state index in [0.29, 0.717) is 12.2 Å². The average Bonchev–Trinajstić information content (AvgIpc) is 3.27. The molecule has 0 atom stereocenters. The van der Waals surface area contributed by atoms with E-state index in [4.69, 9.17) is 4.52 Å². The fraction of sp³-hybridized carbons (Fsp3) is 0.250. The van der Waals surface area contributed by atoms with Gasteiger partial charge in [0, 0.05) is 23.6 Å². The zero-order valence-corrected chi connectivity index (χ0v) is 17.0. The number of aromatic nitrogens is 3. The van der Waals surface area contributed by atoms with Gasteiger partial charge >= 0.3 is 0 Å². The van der Waals surface area contributed by atoms with Gasteiger partial charge in [0.1, 0.15) is 5.76 Å². The molecular weight excluding hydrogens is 392 g/mol. The standard InChI is InChI=1S/C20H22N4O4S/c1-15-19(16(2)28-23-15)14-24-13-18(12-21-24)22-20(25)9-11-29(26,27)10-8-17-6-4-3-5-7-17/h3-8,10,12-13H,9,11,14H2,1-2H3,(H,22,25)/b10-8+. The fourth-order valence-electron chi connectivity index (χ4n) is 2.68. The van der Waals surface area contributed by atoms with Gasteiger partial charge < -0.3 is 9.84 Å². The van der Waals surface area contributed by atoms with Gasteiger partial charge in [-0.05, 0) is 25.5 Å². The van der Waals surface area contributed by atoms with Crippen LogP contribution < -0.4 is 5.32 Å². The molecule has 2 aromatic heterocycles. The molecule has 0 spiro atoms. The van der Waals surface area contributed by atoms with E-state index in [1.807, 2.05) is 32.0 Å². The molecular formula is C20H22N4O4S. The van der Waals surface area contributed by atoms with Crippen LogP contribution in [0, 0.1) is 13.8 Å². The number of amides is 1. The molecule has 1 N–H and O–H groups in total. The second-order valence-corrected chi connectivity index (χ2v) is 8.61. The molecule has 0 fully saturated rings. The molecule has 1 amide bonds. The minimum Gasteiger partial charge on any atom is -0.361 e. The molecule has 0 saturated heterocycles. The summed E-state index contributed by atoms with van der Waals surface area (Å²) in [7, 11) is -3.49. The minimum atomic E-state index is -3.49. The van der Waals surface area contributed by atoms with E-state index in [1.165, 1.54) is 12.3 Å². The van der Waals surface area contributed by atoms with Crippen molar-refractivity contribution in [1.29, 1.82) is 0 Å². The first-order valence-corrected chi connectivity index (χ1v) is 10.7. The number of hydrogen-bond donors (Lipinski definition) is 1. The number of sulfone groups is 1. The van der Waals surface area contributed by atoms with E-state index < -0.39 is 15.7 Å². The van der Waals surface area contributed by atoms with Crippen molar-refractivity contribution in [2.45, 2.75) is 26.8 Å². The second-order valence-electron chi connectivity index (χ2n) is 6.61. The summed E-state index contributed by atoms with van der Waals surface area (Å²) in [6.45, 7) is 4.15. The molecule has 0 aliphatic rings. The molecule has 0 saturated carbocycles. The van der Waals surface area contributed by atoms with Crippen molar-refractivity contribution in [3.63, 3.8) is 0 Å². The molecule has 3 aromatic rings. The highest BCUT2D eigenvalue weighted by molar-refractivity contribution is 7.94. The maximum atomic E-state index is 12.1. The maximum absolute atomic E-state index is 12.1. The maximum Gasteiger partial charge on any atom is 0.225 e. The Bertz CT molecular complexity index is 1100. The number of benzene rings is 1. The molecule has 3 rings (SSSR count). The lowest BCUT2D eigenvalue weighted by atomic mass is 10.2. The van der Waals surface area contributed by atoms with Crippen LogP contribution in [0.4, 0.5) is 5.69 Å². The molecule has 0 aliphatic carbocycles. The van der Waals surface area contributed by atoms with E-state index in [0.717, 1.165) is 28.0 Å². The number of nitrogens with zero attached hydrogens (tertiary/aromatic N) is 3. The van der Waals surface area contributed by atoms with E-state index >= 15 is 0 Å². The summed E-state index contributed by atoms with van der Waals surface area (Å²) in [5.41, 5.74) is 3.00. The van der Waals surface area contributed by atoms with Gasteiger partial charge in [-0.15, -0.1) is 0 Å². The van der Waals surface area contributed by atoms with Crippen molar-refractivity contribution >= 4 is 27.5 Å². The molecule has 152 valence electrons. The minimum absolute atomic E-state index is 0.142. The number of aryl methyl sites for hydroxylation is 2. The largest absolute Gasteiger partial charge is 0.361 e. The summed E-state index contributed by atoms with van der Waals surface area (Å²) in [5.74, 6) is 0.0611. The summed E-state index contributed by atoms with van der Waals surface area (Å²) in [5, 5.41) is 11.9. The SMILES string of the molecule is Cc1noc(C)c1Cn1cc(NC(=O)CCS(=O)(=O)/C=C/c2ccccc2)cn1. The molecule has 0 bridgehead atoms. The van der Waals surface area contributed by atoms with Crippen molar-refractivity contribution in [3.8, 4) is 0 Å². The van der Waals surface area contributed by atoms with Gasteiger partial charge in [0.15, 0.2) is 9.84 Å². The lowest BCUT2D eigenvalue weighted by Gasteiger charge is -2.02. The number of nitrogens with one attached hydrogen (secondary N) is 1. The average molecular weight is 414 g/mol. The van der Waals surface area contributed by atoms with Gasteiger partial charge in [-0.25, -0.2) is 8.42 Å². The molecule has 2 heterocycles. The predicted molar refractivity (Wildman–Crippen MR) is 110 cm³/mol. The number of rotatable bonds is 8. The number of carbonyl (C=O) groups is 1. The zero-order valence-electron chi connectivity index (χ0n) is 16.2. The monoisotopic (exact) mass is 414 g/mol. The molecule has 0 radical (unpaired) electrons. The van der Waals surface area contributed by atoms with Crippen LogP contribution in [0.5, 0.6) is 0 Å². The zero-order chi connectivity index (χ0) is 20.9. The third-order valence-electron chi connectivity index (χ3n) is 4.30. The predicted octanol–water partition coefficient (Wildman–Crippen LogP) is 2.95. The summed E-state index contributed by atoms with van der Waals surface area (Å²) in [6.07, 6.45) is 4.57. The highest BCUT2D eigenvalue weighted by Crippen LogP contribution is 2.15. The Hall–Kier alpha value is -3.20. The smallest absolute Gasteiger partial charge is 0.225 e. The second kappa shape index (κ2) is 8.87. The first-order chi connectivity index (χ1) is 13.8. The van der Waals surface area contributed by atoms with Crippen molar-refractivity contribution in [3.05, 3.63) is 70.7 Å². The van der Waals surface area contributed by atoms with Crippen LogP contribution in [0.3, 0.4) is 0 Å². The Balaban J connectivity index is 1.52. The highest BCUT2D eigenvalue weighted by atomic mass is 32.2. The Kier molecular flexibility index (Phi) is 6.28. The van der Waals surface area contributed by atoms with Crippen LogP contribution in [0.1, 0.15) is 29.0 Å². The lowest BCUT2D eigenvalue weighted by molar-refractivity contribution is -0.115. The Morgan fingerprint density at radius 1 is 1.24 bits per heavy atom. The lowest BCUT2D eigenvalue weighted by Crippen LogP contribution is -2.16. The van der Waals surface area contributed by atoms with E-state index in [2.05, 4.69) is 15.6 Å². The molecule has 9 heteroatoms. The summed E-state index contributed by atoms with van der Waals surface area (Å²) < 4.78 is 31.0. The van der Waals surface area contributed by atoms with Crippen LogP contribution in [-0.2, 0) is 21.2 Å². The molecule has 8 nitrogen and oxygen atoms in total. The normalized spacial score (nSPS) is 11.8. The van der Waals surface area contributed by atoms with Gasteiger partial charge in [-0.3, -0.25) is 9.48 Å². The number of hydrogen-bond acceptors (Lipinski definition) is 6. The van der Waals surface area contributed by atoms with Crippen LogP contribution in [-0.4, -0.2) is 35.0 Å². The van der Waals surface area contributed by atoms with E-state index in [9.17, 15) is 13.2 Å². The van der Waals surface area contributed by atoms with Crippen LogP contribution >= 0.6 is 0 Å². The van der Waals surface area contributed by atoms with Crippen molar-refractivity contribution in [1.82, 2.24) is 14.9 Å². The summed E-state index contributed by atoms with van der Waals surface area (Å²) in [6, 6.07) is 9.11. The first kappa shape index (κ1) is 20.5. The van der Waals surface area contributed by atoms with Crippen LogP contribution in [0.2, 0.25) is 0 Å². The van der Waals surface area contributed by atoms with Crippen molar-refractivity contribution in [2.75, 3.05) is 11.1 Å². The van der Waals surface area contributed by atoms with Gasteiger partial charge in [-0.2, -0.15) is 5.10 Å². The first-order valence-electron chi connectivity index (χ1n) is 9.02. The summed E-state index contributed by atoms with van der Waals surface area (Å²) in [4.78, 5) is 12.1. The molecule has 0 unspecified atom stereocenters. The third-order valence-corrected chi connectivity index (χ3v) is 5.62. The van der Waals surface area contributed by atoms with Gasteiger partial charge in [-0.1, -0.05) is 35.5 Å². The number of carbonyl (C=O) groups excluding carboxylic acids is 1. The molecule has 29 heavy (non-hydrogen) atoms. The third kappa shape index (κ3) is 5.89. The Labute approximate surface area is 169 Å². The van der Waals surface area contributed by atoms with Crippen molar-refractivity contribution in [2.24, 2.45) is 0 Å². The summed E-state index contributed by atoms with van der Waals surface area (Å²) >= 11 is 0. The van der Waals surface area contributed by atoms with Crippen LogP contribution in [0.15, 0.2) is 52.7 Å². The Morgan fingerprint density at radius 3 is 2.69 bits per heavy atom. The van der Waals surface area contributed by atoms with Crippen molar-refractivity contribution < 1.29 is 17.7 Å². The van der Waals surface area contributed by atoms with Gasteiger partial charge in [0.05, 0.1) is 29.9 Å². The quantitative estimate of drug-likeness (QED) is 0.607. The topological polar surface area (TPSA) is 107 Å². The van der Waals surface area contributed by atoms with Gasteiger partial charge in [0.25, 0.3) is 0 Å². The van der Waals surface area contributed by atoms with Gasteiger partial charge in [0.2, 0.25) is 5.91 Å². The fourth-order valence-corrected chi connectivity index (χ4v) is 3.65. The highest BCUT2D eigenvalue weighted by Gasteiger charge is 2.13. The van der Waals surface area contributed by atoms with E-state index in [1.54, 1.807) is 23.0 Å².